The average molecular weight is 679 g/mol. The lowest BCUT2D eigenvalue weighted by Gasteiger charge is -2.26. The summed E-state index contributed by atoms with van der Waals surface area (Å²) in [5.74, 6) is 0. The number of furan rings is 2. The molecule has 0 spiro atoms. The molecule has 53 heavy (non-hydrogen) atoms. The maximum absolute atomic E-state index is 9.27. The fraction of sp³-hybridized carbons (Fsp3) is 0. The van der Waals surface area contributed by atoms with Crippen LogP contribution in [0.1, 0.15) is 5.56 Å². The van der Waals surface area contributed by atoms with E-state index in [4.69, 9.17) is 8.83 Å². The summed E-state index contributed by atoms with van der Waals surface area (Å²) >= 11 is 0. The maximum atomic E-state index is 9.27. The van der Waals surface area contributed by atoms with Gasteiger partial charge in [0.1, 0.15) is 22.3 Å². The third-order valence-corrected chi connectivity index (χ3v) is 10.2. The molecule has 0 aliphatic heterocycles. The normalized spacial score (nSPS) is 11.4. The first kappa shape index (κ1) is 30.5. The predicted octanol–water partition coefficient (Wildman–Crippen LogP) is 13.8. The number of nitrogens with zero attached hydrogens (tertiary/aromatic N) is 2. The zero-order chi connectivity index (χ0) is 35.3. The van der Waals surface area contributed by atoms with Gasteiger partial charge >= 0.3 is 0 Å². The van der Waals surface area contributed by atoms with Crippen molar-refractivity contribution >= 4 is 60.9 Å². The molecule has 2 aromatic heterocycles. The first-order chi connectivity index (χ1) is 26.2. The van der Waals surface area contributed by atoms with E-state index in [1.165, 1.54) is 0 Å². The molecule has 0 aliphatic rings. The molecule has 0 amide bonds. The summed E-state index contributed by atoms with van der Waals surface area (Å²) < 4.78 is 12.7. The maximum Gasteiger partial charge on any atom is 0.143 e. The van der Waals surface area contributed by atoms with Crippen LogP contribution in [0.2, 0.25) is 0 Å². The van der Waals surface area contributed by atoms with Gasteiger partial charge in [-0.3, -0.25) is 0 Å². The molecular weight excluding hydrogens is 649 g/mol. The third kappa shape index (κ3) is 5.23. The lowest BCUT2D eigenvalue weighted by Crippen LogP contribution is -2.09. The highest BCUT2D eigenvalue weighted by Crippen LogP contribution is 2.41. The van der Waals surface area contributed by atoms with Crippen molar-refractivity contribution in [2.75, 3.05) is 4.90 Å². The Morgan fingerprint density at radius 3 is 1.17 bits per heavy atom. The lowest BCUT2D eigenvalue weighted by atomic mass is 10.0. The van der Waals surface area contributed by atoms with Crippen LogP contribution in [0.15, 0.2) is 191 Å². The zero-order valence-corrected chi connectivity index (χ0v) is 28.5. The van der Waals surface area contributed by atoms with Gasteiger partial charge in [-0.05, 0) is 82.9 Å². The number of para-hydroxylation sites is 4. The molecule has 0 saturated carbocycles. The van der Waals surface area contributed by atoms with Crippen LogP contribution in [-0.2, 0) is 0 Å². The van der Waals surface area contributed by atoms with E-state index in [2.05, 4.69) is 144 Å². The Kier molecular flexibility index (Phi) is 7.16. The molecule has 8 aromatic carbocycles. The minimum absolute atomic E-state index is 0.650. The number of anilines is 3. The van der Waals surface area contributed by atoms with Crippen LogP contribution in [0.3, 0.4) is 0 Å². The van der Waals surface area contributed by atoms with E-state index in [-0.39, 0.29) is 0 Å². The van der Waals surface area contributed by atoms with Gasteiger partial charge in [-0.25, -0.2) is 0 Å². The van der Waals surface area contributed by atoms with Crippen molar-refractivity contribution in [2.24, 2.45) is 0 Å². The van der Waals surface area contributed by atoms with Crippen LogP contribution in [0, 0.1) is 11.3 Å². The molecule has 0 aliphatic carbocycles. The lowest BCUT2D eigenvalue weighted by molar-refractivity contribution is 0.669. The summed E-state index contributed by atoms with van der Waals surface area (Å²) in [4.78, 5) is 2.28. The Bertz CT molecular complexity index is 2820. The van der Waals surface area contributed by atoms with E-state index >= 15 is 0 Å². The Balaban J connectivity index is 1.05. The van der Waals surface area contributed by atoms with E-state index in [1.807, 2.05) is 48.5 Å². The van der Waals surface area contributed by atoms with Crippen LogP contribution in [0.4, 0.5) is 17.1 Å². The molecule has 10 rings (SSSR count). The van der Waals surface area contributed by atoms with Crippen molar-refractivity contribution in [1.29, 1.82) is 5.26 Å². The standard InChI is InChI=1S/C49H30N2O2/c50-31-32-15-17-33(18-16-32)34-19-25-37(26-20-34)51(38-27-21-35(22-28-38)40-9-5-11-44-42-7-1-3-13-46(42)52-48(40)44)39-29-23-36(24-30-39)41-10-6-12-45-43-8-2-4-14-47(43)53-49(41)45/h1-30H. The number of hydrogen-bond donors (Lipinski definition) is 0. The van der Waals surface area contributed by atoms with Gasteiger partial charge in [0.25, 0.3) is 0 Å². The molecule has 0 radical (unpaired) electrons. The van der Waals surface area contributed by atoms with E-state index in [1.54, 1.807) is 0 Å². The Morgan fingerprint density at radius 1 is 0.358 bits per heavy atom. The van der Waals surface area contributed by atoms with Gasteiger partial charge in [0.15, 0.2) is 0 Å². The highest BCUT2D eigenvalue weighted by molar-refractivity contribution is 6.10. The minimum Gasteiger partial charge on any atom is -0.455 e. The highest BCUT2D eigenvalue weighted by atomic mass is 16.3. The third-order valence-electron chi connectivity index (χ3n) is 10.2. The monoisotopic (exact) mass is 678 g/mol. The van der Waals surface area contributed by atoms with Crippen LogP contribution >= 0.6 is 0 Å². The number of hydrogen-bond acceptors (Lipinski definition) is 4. The van der Waals surface area contributed by atoms with Gasteiger partial charge < -0.3 is 13.7 Å². The topological polar surface area (TPSA) is 53.3 Å². The quantitative estimate of drug-likeness (QED) is 0.176. The van der Waals surface area contributed by atoms with Crippen molar-refractivity contribution in [1.82, 2.24) is 0 Å². The molecule has 0 unspecified atom stereocenters. The van der Waals surface area contributed by atoms with Crippen LogP contribution in [0.25, 0.3) is 77.3 Å². The summed E-state index contributed by atoms with van der Waals surface area (Å²) in [7, 11) is 0. The van der Waals surface area contributed by atoms with Crippen molar-refractivity contribution in [3.8, 4) is 39.4 Å². The van der Waals surface area contributed by atoms with Gasteiger partial charge in [0.05, 0.1) is 11.6 Å². The fourth-order valence-electron chi connectivity index (χ4n) is 7.52. The molecular formula is C49H30N2O2. The fourth-order valence-corrected chi connectivity index (χ4v) is 7.52. The molecule has 248 valence electrons. The Morgan fingerprint density at radius 2 is 0.736 bits per heavy atom. The van der Waals surface area contributed by atoms with Gasteiger partial charge in [-0.1, -0.05) is 121 Å². The molecule has 0 fully saturated rings. The largest absolute Gasteiger partial charge is 0.455 e. The summed E-state index contributed by atoms with van der Waals surface area (Å²) in [5.41, 5.74) is 13.8. The first-order valence-corrected chi connectivity index (χ1v) is 17.6. The highest BCUT2D eigenvalue weighted by Gasteiger charge is 2.17. The van der Waals surface area contributed by atoms with Crippen LogP contribution in [-0.4, -0.2) is 0 Å². The van der Waals surface area contributed by atoms with Crippen LogP contribution in [0.5, 0.6) is 0 Å². The van der Waals surface area contributed by atoms with E-state index in [0.29, 0.717) is 5.56 Å². The van der Waals surface area contributed by atoms with Gasteiger partial charge in [-0.15, -0.1) is 0 Å². The van der Waals surface area contributed by atoms with Crippen LogP contribution < -0.4 is 4.90 Å². The molecule has 0 atom stereocenters. The van der Waals surface area contributed by atoms with Gasteiger partial charge in [-0.2, -0.15) is 5.26 Å². The number of benzene rings is 8. The summed E-state index contributed by atoms with van der Waals surface area (Å²) in [5, 5.41) is 13.7. The molecule has 2 heterocycles. The number of nitriles is 1. The second-order valence-electron chi connectivity index (χ2n) is 13.2. The SMILES string of the molecule is N#Cc1ccc(-c2ccc(N(c3ccc(-c4cccc5c4oc4ccccc45)cc3)c3ccc(-c4cccc5c4oc4ccccc45)cc3)cc2)cc1. The molecule has 4 nitrogen and oxygen atoms in total. The smallest absolute Gasteiger partial charge is 0.143 e. The van der Waals surface area contributed by atoms with E-state index in [9.17, 15) is 5.26 Å². The number of rotatable bonds is 6. The summed E-state index contributed by atoms with van der Waals surface area (Å²) in [6.07, 6.45) is 0. The van der Waals surface area contributed by atoms with Crippen molar-refractivity contribution in [3.63, 3.8) is 0 Å². The summed E-state index contributed by atoms with van der Waals surface area (Å²) in [6, 6.07) is 65.0. The zero-order valence-electron chi connectivity index (χ0n) is 28.5. The molecule has 0 saturated heterocycles. The minimum atomic E-state index is 0.650. The first-order valence-electron chi connectivity index (χ1n) is 17.6. The Hall–Kier alpha value is -7.35. The van der Waals surface area contributed by atoms with Crippen molar-refractivity contribution < 1.29 is 8.83 Å². The number of fused-ring (bicyclic) bond motifs is 6. The predicted molar refractivity (Wildman–Crippen MR) is 217 cm³/mol. The second kappa shape index (κ2) is 12.5. The van der Waals surface area contributed by atoms with Crippen molar-refractivity contribution in [3.05, 3.63) is 188 Å². The molecule has 4 heteroatoms. The van der Waals surface area contributed by atoms with Gasteiger partial charge in [0.2, 0.25) is 0 Å². The molecule has 0 bridgehead atoms. The Labute approximate surface area is 306 Å². The van der Waals surface area contributed by atoms with E-state index in [0.717, 1.165) is 94.3 Å². The van der Waals surface area contributed by atoms with E-state index < -0.39 is 0 Å². The van der Waals surface area contributed by atoms with Gasteiger partial charge in [0, 0.05) is 49.7 Å². The second-order valence-corrected chi connectivity index (χ2v) is 13.2. The van der Waals surface area contributed by atoms with Crippen molar-refractivity contribution in [2.45, 2.75) is 0 Å². The molecule has 0 N–H and O–H groups in total. The molecule has 10 aromatic rings. The summed E-state index contributed by atoms with van der Waals surface area (Å²) in [6.45, 7) is 0. The average Bonchev–Trinajstić information content (AvgIpc) is 3.81.